The number of nitrogens with zero attached hydrogens (tertiary/aromatic N) is 1. The fourth-order valence-electron chi connectivity index (χ4n) is 1.95. The molecular weight excluding hydrogens is 244 g/mol. The Kier molecular flexibility index (Phi) is 7.54. The van der Waals surface area contributed by atoms with Crippen molar-refractivity contribution < 1.29 is 14.7 Å². The van der Waals surface area contributed by atoms with Crippen molar-refractivity contribution in [2.75, 3.05) is 0 Å². The molecule has 5 heteroatoms. The molecule has 19 heavy (non-hydrogen) atoms. The Balaban J connectivity index is 1.91. The molecule has 1 aromatic rings. The highest BCUT2D eigenvalue weighted by Gasteiger charge is 2.03. The lowest BCUT2D eigenvalue weighted by molar-refractivity contribution is -0.137. The molecule has 1 rings (SSSR count). The lowest BCUT2D eigenvalue weighted by Gasteiger charge is -2.01. The van der Waals surface area contributed by atoms with Gasteiger partial charge in [-0.2, -0.15) is 0 Å². The number of aryl methyl sites for hydroxylation is 1. The monoisotopic (exact) mass is 266 g/mol. The first-order chi connectivity index (χ1) is 9.18. The fourth-order valence-corrected chi connectivity index (χ4v) is 1.95. The Labute approximate surface area is 113 Å². The third-order valence-corrected chi connectivity index (χ3v) is 3.07. The van der Waals surface area contributed by atoms with Gasteiger partial charge in [0.05, 0.1) is 6.33 Å². The van der Waals surface area contributed by atoms with Crippen LogP contribution in [0.15, 0.2) is 12.5 Å². The molecule has 1 aromatic heterocycles. The van der Waals surface area contributed by atoms with Crippen LogP contribution in [0.2, 0.25) is 0 Å². The summed E-state index contributed by atoms with van der Waals surface area (Å²) in [5, 5.41) is 8.47. The third kappa shape index (κ3) is 8.13. The standard InChI is InChI=1S/C14H22N2O3/c17-13(9-8-12-10-15-11-16-12)6-4-2-1-3-5-7-14(18)19/h10-11H,1-9H2,(H,15,16)(H,18,19). The molecule has 0 saturated heterocycles. The van der Waals surface area contributed by atoms with Gasteiger partial charge in [-0.25, -0.2) is 4.98 Å². The minimum atomic E-state index is -0.728. The average Bonchev–Trinajstić information content (AvgIpc) is 2.88. The lowest BCUT2D eigenvalue weighted by Crippen LogP contribution is -2.00. The number of nitrogens with one attached hydrogen (secondary N) is 1. The maximum absolute atomic E-state index is 11.6. The van der Waals surface area contributed by atoms with Gasteiger partial charge in [-0.1, -0.05) is 19.3 Å². The zero-order valence-corrected chi connectivity index (χ0v) is 11.2. The number of aliphatic carboxylic acids is 1. The fraction of sp³-hybridized carbons (Fsp3) is 0.643. The number of carboxylic acid groups (broad SMARTS) is 1. The summed E-state index contributed by atoms with van der Waals surface area (Å²) in [7, 11) is 0. The molecule has 0 aromatic carbocycles. The summed E-state index contributed by atoms with van der Waals surface area (Å²) in [5.74, 6) is -0.436. The molecular formula is C14H22N2O3. The average molecular weight is 266 g/mol. The van der Waals surface area contributed by atoms with Gasteiger partial charge in [0.2, 0.25) is 0 Å². The summed E-state index contributed by atoms with van der Waals surface area (Å²) in [6, 6.07) is 0. The molecule has 0 spiro atoms. The van der Waals surface area contributed by atoms with Gasteiger partial charge in [0.25, 0.3) is 0 Å². The first kappa shape index (κ1) is 15.4. The van der Waals surface area contributed by atoms with E-state index in [1.807, 2.05) is 0 Å². The van der Waals surface area contributed by atoms with Gasteiger partial charge in [-0.05, 0) is 19.3 Å². The maximum Gasteiger partial charge on any atom is 0.303 e. The molecule has 5 nitrogen and oxygen atoms in total. The van der Waals surface area contributed by atoms with Crippen LogP contribution in [-0.2, 0) is 16.0 Å². The maximum atomic E-state index is 11.6. The van der Waals surface area contributed by atoms with Crippen molar-refractivity contribution in [1.82, 2.24) is 9.97 Å². The smallest absolute Gasteiger partial charge is 0.303 e. The molecule has 0 unspecified atom stereocenters. The van der Waals surface area contributed by atoms with Crippen LogP contribution in [0.3, 0.4) is 0 Å². The zero-order chi connectivity index (χ0) is 13.9. The number of imidazole rings is 1. The number of carboxylic acids is 1. The normalized spacial score (nSPS) is 10.5. The van der Waals surface area contributed by atoms with E-state index in [9.17, 15) is 9.59 Å². The molecule has 1 heterocycles. The number of unbranched alkanes of at least 4 members (excludes halogenated alkanes) is 4. The summed E-state index contributed by atoms with van der Waals surface area (Å²) in [6.07, 6.45) is 10.2. The largest absolute Gasteiger partial charge is 0.481 e. The van der Waals surface area contributed by atoms with Gasteiger partial charge in [-0.3, -0.25) is 9.59 Å². The van der Waals surface area contributed by atoms with E-state index >= 15 is 0 Å². The second-order valence-electron chi connectivity index (χ2n) is 4.78. The number of aromatic amines is 1. The van der Waals surface area contributed by atoms with Crippen LogP contribution in [0.25, 0.3) is 0 Å². The molecule has 2 N–H and O–H groups in total. The van der Waals surface area contributed by atoms with Gasteiger partial charge in [0, 0.05) is 31.2 Å². The number of aromatic nitrogens is 2. The highest BCUT2D eigenvalue weighted by Crippen LogP contribution is 2.09. The van der Waals surface area contributed by atoms with Crippen LogP contribution < -0.4 is 0 Å². The predicted molar refractivity (Wildman–Crippen MR) is 71.9 cm³/mol. The van der Waals surface area contributed by atoms with E-state index in [4.69, 9.17) is 5.11 Å². The molecule has 0 aliphatic heterocycles. The summed E-state index contributed by atoms with van der Waals surface area (Å²) in [4.78, 5) is 28.8. The van der Waals surface area contributed by atoms with Crippen molar-refractivity contribution in [3.63, 3.8) is 0 Å². The second kappa shape index (κ2) is 9.30. The van der Waals surface area contributed by atoms with Crippen molar-refractivity contribution in [2.24, 2.45) is 0 Å². The molecule has 0 radical (unpaired) electrons. The van der Waals surface area contributed by atoms with E-state index in [0.29, 0.717) is 18.6 Å². The van der Waals surface area contributed by atoms with Crippen molar-refractivity contribution in [3.8, 4) is 0 Å². The van der Waals surface area contributed by atoms with Gasteiger partial charge in [0.15, 0.2) is 0 Å². The molecule has 0 bridgehead atoms. The molecule has 0 saturated carbocycles. The molecule has 0 fully saturated rings. The van der Waals surface area contributed by atoms with Gasteiger partial charge in [-0.15, -0.1) is 0 Å². The molecule has 106 valence electrons. The molecule has 0 aliphatic carbocycles. The highest BCUT2D eigenvalue weighted by atomic mass is 16.4. The van der Waals surface area contributed by atoms with Crippen LogP contribution in [-0.4, -0.2) is 26.8 Å². The Bertz CT molecular complexity index is 374. The van der Waals surface area contributed by atoms with Crippen molar-refractivity contribution in [2.45, 2.75) is 57.8 Å². The van der Waals surface area contributed by atoms with Gasteiger partial charge >= 0.3 is 5.97 Å². The molecule has 0 aliphatic rings. The third-order valence-electron chi connectivity index (χ3n) is 3.07. The van der Waals surface area contributed by atoms with Crippen LogP contribution in [0.1, 0.15) is 57.1 Å². The van der Waals surface area contributed by atoms with E-state index < -0.39 is 5.97 Å². The number of ketones is 1. The van der Waals surface area contributed by atoms with E-state index in [2.05, 4.69) is 9.97 Å². The van der Waals surface area contributed by atoms with Crippen molar-refractivity contribution >= 4 is 11.8 Å². The van der Waals surface area contributed by atoms with Gasteiger partial charge in [0.1, 0.15) is 5.78 Å². The summed E-state index contributed by atoms with van der Waals surface area (Å²) >= 11 is 0. The van der Waals surface area contributed by atoms with Crippen molar-refractivity contribution in [3.05, 3.63) is 18.2 Å². The van der Waals surface area contributed by atoms with Crippen LogP contribution >= 0.6 is 0 Å². The molecule has 0 atom stereocenters. The number of Topliss-reactive ketones (excluding diaryl/α,β-unsaturated/α-hetero) is 1. The van der Waals surface area contributed by atoms with Crippen LogP contribution in [0.5, 0.6) is 0 Å². The number of hydrogen-bond donors (Lipinski definition) is 2. The lowest BCUT2D eigenvalue weighted by atomic mass is 10.0. The zero-order valence-electron chi connectivity index (χ0n) is 11.2. The van der Waals surface area contributed by atoms with Gasteiger partial charge < -0.3 is 10.1 Å². The minimum Gasteiger partial charge on any atom is -0.481 e. The SMILES string of the molecule is O=C(O)CCCCCCCC(=O)CCc1cnc[nH]1. The van der Waals surface area contributed by atoms with E-state index in [1.165, 1.54) is 0 Å². The Morgan fingerprint density at radius 2 is 1.74 bits per heavy atom. The van der Waals surface area contributed by atoms with Crippen LogP contribution in [0, 0.1) is 0 Å². The number of carbonyl (C=O) groups is 2. The number of H-pyrrole nitrogens is 1. The number of carbonyl (C=O) groups excluding carboxylic acids is 1. The molecule has 0 amide bonds. The highest BCUT2D eigenvalue weighted by molar-refractivity contribution is 5.78. The summed E-state index contributed by atoms with van der Waals surface area (Å²) < 4.78 is 0. The topological polar surface area (TPSA) is 83.0 Å². The van der Waals surface area contributed by atoms with E-state index in [0.717, 1.165) is 44.2 Å². The second-order valence-corrected chi connectivity index (χ2v) is 4.78. The Hall–Kier alpha value is -1.65. The van der Waals surface area contributed by atoms with E-state index in [1.54, 1.807) is 12.5 Å². The van der Waals surface area contributed by atoms with Crippen LogP contribution in [0.4, 0.5) is 0 Å². The summed E-state index contributed by atoms with van der Waals surface area (Å²) in [5.41, 5.74) is 1.00. The van der Waals surface area contributed by atoms with E-state index in [-0.39, 0.29) is 6.42 Å². The number of rotatable bonds is 11. The first-order valence-corrected chi connectivity index (χ1v) is 6.89. The quantitative estimate of drug-likeness (QED) is 0.603. The Morgan fingerprint density at radius 1 is 1.05 bits per heavy atom. The minimum absolute atomic E-state index is 0.253. The predicted octanol–water partition coefficient (Wildman–Crippen LogP) is 2.73. The Morgan fingerprint density at radius 3 is 2.37 bits per heavy atom. The van der Waals surface area contributed by atoms with Crippen molar-refractivity contribution in [1.29, 1.82) is 0 Å². The summed E-state index contributed by atoms with van der Waals surface area (Å²) in [6.45, 7) is 0. The first-order valence-electron chi connectivity index (χ1n) is 6.89. The number of hydrogen-bond acceptors (Lipinski definition) is 3.